The van der Waals surface area contributed by atoms with E-state index in [4.69, 9.17) is 4.74 Å². The lowest BCUT2D eigenvalue weighted by molar-refractivity contribution is -0.384. The summed E-state index contributed by atoms with van der Waals surface area (Å²) in [6.07, 6.45) is 0.652. The molecule has 12 nitrogen and oxygen atoms in total. The average Bonchev–Trinajstić information content (AvgIpc) is 3.36. The fraction of sp³-hybridized carbons (Fsp3) is 0.538. The van der Waals surface area contributed by atoms with Gasteiger partial charge in [-0.25, -0.2) is 18.1 Å². The molecule has 1 aromatic carbocycles. The Morgan fingerprint density at radius 2 is 1.80 bits per heavy atom. The second-order valence-electron chi connectivity index (χ2n) is 10.1. The number of esters is 1. The molecule has 0 aliphatic heterocycles. The van der Waals surface area contributed by atoms with Crippen molar-refractivity contribution in [2.45, 2.75) is 71.8 Å². The minimum absolute atomic E-state index is 0.0212. The predicted molar refractivity (Wildman–Crippen MR) is 150 cm³/mol. The average molecular weight is 597 g/mol. The third-order valence-electron chi connectivity index (χ3n) is 6.43. The maximum absolute atomic E-state index is 12.9. The van der Waals surface area contributed by atoms with E-state index in [-0.39, 0.29) is 47.2 Å². The van der Waals surface area contributed by atoms with Gasteiger partial charge in [-0.2, -0.15) is 0 Å². The molecule has 0 saturated heterocycles. The summed E-state index contributed by atoms with van der Waals surface area (Å²) in [4.78, 5) is 53.6. The zero-order chi connectivity index (χ0) is 30.2. The van der Waals surface area contributed by atoms with Crippen LogP contribution in [-0.4, -0.2) is 54.1 Å². The highest BCUT2D eigenvalue weighted by Crippen LogP contribution is 2.31. The number of carbonyl (C=O) groups excluding carboxylic acids is 3. The van der Waals surface area contributed by atoms with Crippen LogP contribution in [0.2, 0.25) is 0 Å². The number of non-ortho nitro benzene ring substituents is 1. The summed E-state index contributed by atoms with van der Waals surface area (Å²) in [5.41, 5.74) is -0.105. The number of carbonyl (C=O) groups is 3. The fourth-order valence-electron chi connectivity index (χ4n) is 3.97. The summed E-state index contributed by atoms with van der Waals surface area (Å²) in [5.74, 6) is -1.87. The zero-order valence-corrected chi connectivity index (χ0v) is 25.1. The Kier molecular flexibility index (Phi) is 11.7. The highest BCUT2D eigenvalue weighted by atomic mass is 32.2. The predicted octanol–water partition coefficient (Wildman–Crippen LogP) is 4.22. The van der Waals surface area contributed by atoms with Gasteiger partial charge in [0.1, 0.15) is 10.7 Å². The molecule has 0 unspecified atom stereocenters. The number of nitrogens with one attached hydrogen (secondary N) is 1. The molecule has 0 saturated carbocycles. The van der Waals surface area contributed by atoms with Gasteiger partial charge in [0.15, 0.2) is 6.10 Å². The van der Waals surface area contributed by atoms with Crippen molar-refractivity contribution >= 4 is 44.8 Å². The number of thiazole rings is 1. The van der Waals surface area contributed by atoms with Gasteiger partial charge in [0.25, 0.3) is 11.6 Å². The Balaban J connectivity index is 2.19. The molecule has 0 aliphatic carbocycles. The molecular formula is C26H36N4O8S2. The van der Waals surface area contributed by atoms with Crippen LogP contribution < -0.4 is 4.72 Å². The summed E-state index contributed by atoms with van der Waals surface area (Å²) in [5, 5.41) is 12.5. The van der Waals surface area contributed by atoms with Crippen molar-refractivity contribution in [2.75, 3.05) is 7.05 Å². The molecule has 220 valence electrons. The molecule has 1 N–H and O–H groups in total. The van der Waals surface area contributed by atoms with Crippen LogP contribution in [0.1, 0.15) is 81.0 Å². The molecule has 0 spiro atoms. The van der Waals surface area contributed by atoms with Gasteiger partial charge in [-0.15, -0.1) is 11.3 Å². The first-order valence-electron chi connectivity index (χ1n) is 12.8. The van der Waals surface area contributed by atoms with Crippen molar-refractivity contribution in [2.24, 2.45) is 11.8 Å². The topological polar surface area (TPSA) is 166 Å². The van der Waals surface area contributed by atoms with E-state index >= 15 is 0 Å². The number of hydrogen-bond donors (Lipinski definition) is 1. The number of nitro benzene ring substituents is 1. The molecule has 0 bridgehead atoms. The Labute approximate surface area is 238 Å². The summed E-state index contributed by atoms with van der Waals surface area (Å²) in [6.45, 7) is 9.19. The maximum atomic E-state index is 12.9. The van der Waals surface area contributed by atoms with Crippen molar-refractivity contribution < 1.29 is 32.5 Å². The minimum atomic E-state index is -4.14. The van der Waals surface area contributed by atoms with Crippen LogP contribution in [0.5, 0.6) is 0 Å². The summed E-state index contributed by atoms with van der Waals surface area (Å²) >= 11 is 1.04. The van der Waals surface area contributed by atoms with Gasteiger partial charge in [-0.3, -0.25) is 24.5 Å². The van der Waals surface area contributed by atoms with Crippen LogP contribution in [0, 0.1) is 22.0 Å². The number of sulfonamides is 1. The van der Waals surface area contributed by atoms with Crippen LogP contribution in [0.3, 0.4) is 0 Å². The third kappa shape index (κ3) is 9.66. The van der Waals surface area contributed by atoms with E-state index in [1.54, 1.807) is 11.9 Å². The SMILES string of the molecule is CC[C@H](C)CC(=O)N(C)[C@H](C[C@@H](OC(C)=O)c1nc(C(=O)NS(=O)(=O)Cc2ccc([N+](=O)[O-])cc2)cs1)C(C)C. The van der Waals surface area contributed by atoms with E-state index in [0.717, 1.165) is 17.8 Å². The van der Waals surface area contributed by atoms with E-state index < -0.39 is 38.7 Å². The standard InChI is InChI=1S/C26H36N4O8S2/c1-7-17(4)12-24(32)29(6)22(16(2)3)13-23(38-18(5)31)26-27-21(14-39-26)25(33)28-40(36,37)15-19-8-10-20(11-9-19)30(34)35/h8-11,14,16-17,22-23H,7,12-13,15H2,1-6H3,(H,28,33)/t17-,22+,23+/m0/s1. The molecule has 2 rings (SSSR count). The Hall–Kier alpha value is -3.39. The van der Waals surface area contributed by atoms with E-state index in [9.17, 15) is 32.9 Å². The number of benzene rings is 1. The number of nitro groups is 1. The quantitative estimate of drug-likeness (QED) is 0.191. The van der Waals surface area contributed by atoms with Gasteiger partial charge in [0.05, 0.1) is 10.7 Å². The number of hydrogen-bond acceptors (Lipinski definition) is 10. The van der Waals surface area contributed by atoms with E-state index in [0.29, 0.717) is 11.4 Å². The lowest BCUT2D eigenvalue weighted by Gasteiger charge is -2.34. The largest absolute Gasteiger partial charge is 0.455 e. The van der Waals surface area contributed by atoms with Gasteiger partial charge < -0.3 is 9.64 Å². The van der Waals surface area contributed by atoms with Crippen LogP contribution in [0.25, 0.3) is 0 Å². The highest BCUT2D eigenvalue weighted by molar-refractivity contribution is 7.89. The summed E-state index contributed by atoms with van der Waals surface area (Å²) < 4.78 is 32.6. The number of rotatable bonds is 14. The zero-order valence-electron chi connectivity index (χ0n) is 23.4. The Morgan fingerprint density at radius 1 is 1.18 bits per heavy atom. The molecular weight excluding hydrogens is 560 g/mol. The minimum Gasteiger partial charge on any atom is -0.455 e. The number of aromatic nitrogens is 1. The third-order valence-corrected chi connectivity index (χ3v) is 8.57. The molecule has 1 heterocycles. The van der Waals surface area contributed by atoms with Crippen LogP contribution in [0.4, 0.5) is 5.69 Å². The normalized spacial score (nSPS) is 13.8. The van der Waals surface area contributed by atoms with Crippen molar-refractivity contribution in [1.82, 2.24) is 14.6 Å². The summed E-state index contributed by atoms with van der Waals surface area (Å²) in [6, 6.07) is 4.65. The first kappa shape index (κ1) is 32.8. The molecule has 3 atom stereocenters. The smallest absolute Gasteiger partial charge is 0.303 e. The van der Waals surface area contributed by atoms with Gasteiger partial charge in [-0.05, 0) is 17.4 Å². The van der Waals surface area contributed by atoms with Crippen molar-refractivity contribution in [3.63, 3.8) is 0 Å². The molecule has 2 amide bonds. The second kappa shape index (κ2) is 14.3. The van der Waals surface area contributed by atoms with Crippen molar-refractivity contribution in [3.05, 3.63) is 56.0 Å². The van der Waals surface area contributed by atoms with Crippen LogP contribution in [0.15, 0.2) is 29.6 Å². The number of ether oxygens (including phenoxy) is 1. The highest BCUT2D eigenvalue weighted by Gasteiger charge is 2.31. The fourth-order valence-corrected chi connectivity index (χ4v) is 5.90. The monoisotopic (exact) mass is 596 g/mol. The first-order valence-corrected chi connectivity index (χ1v) is 15.3. The van der Waals surface area contributed by atoms with E-state index in [1.807, 2.05) is 32.4 Å². The molecule has 0 fully saturated rings. The van der Waals surface area contributed by atoms with Gasteiger partial charge >= 0.3 is 5.97 Å². The molecule has 40 heavy (non-hydrogen) atoms. The Morgan fingerprint density at radius 3 is 2.33 bits per heavy atom. The van der Waals surface area contributed by atoms with Gasteiger partial charge in [0, 0.05) is 50.4 Å². The van der Waals surface area contributed by atoms with Crippen molar-refractivity contribution in [3.8, 4) is 0 Å². The van der Waals surface area contributed by atoms with Gasteiger partial charge in [0.2, 0.25) is 15.9 Å². The molecule has 1 aromatic heterocycles. The van der Waals surface area contributed by atoms with Gasteiger partial charge in [-0.1, -0.05) is 46.2 Å². The molecule has 0 radical (unpaired) electrons. The maximum Gasteiger partial charge on any atom is 0.303 e. The van der Waals surface area contributed by atoms with E-state index in [2.05, 4.69) is 4.98 Å². The molecule has 14 heteroatoms. The van der Waals surface area contributed by atoms with Crippen LogP contribution >= 0.6 is 11.3 Å². The van der Waals surface area contributed by atoms with E-state index in [1.165, 1.54) is 36.6 Å². The lowest BCUT2D eigenvalue weighted by Crippen LogP contribution is -2.42. The second-order valence-corrected chi connectivity index (χ2v) is 12.7. The van der Waals surface area contributed by atoms with Crippen LogP contribution in [-0.2, 0) is 30.1 Å². The molecule has 2 aromatic rings. The molecule has 0 aliphatic rings. The number of amides is 2. The first-order chi connectivity index (χ1) is 18.6. The number of nitrogens with zero attached hydrogens (tertiary/aromatic N) is 3. The van der Waals surface area contributed by atoms with Crippen molar-refractivity contribution in [1.29, 1.82) is 0 Å². The Bertz CT molecular complexity index is 1310. The summed E-state index contributed by atoms with van der Waals surface area (Å²) in [7, 11) is -2.42. The lowest BCUT2D eigenvalue weighted by atomic mass is 9.95.